The van der Waals surface area contributed by atoms with Crippen LogP contribution in [0.5, 0.6) is 0 Å². The normalized spacial score (nSPS) is 12.7. The van der Waals surface area contributed by atoms with Crippen molar-refractivity contribution in [3.8, 4) is 0 Å². The van der Waals surface area contributed by atoms with E-state index in [9.17, 15) is 4.57 Å². The van der Waals surface area contributed by atoms with Crippen LogP contribution in [0, 0.1) is 0 Å². The van der Waals surface area contributed by atoms with Crippen molar-refractivity contribution in [2.75, 3.05) is 0 Å². The lowest BCUT2D eigenvalue weighted by Gasteiger charge is -1.91. The van der Waals surface area contributed by atoms with Crippen molar-refractivity contribution in [1.82, 2.24) is 0 Å². The van der Waals surface area contributed by atoms with Crippen LogP contribution in [0.4, 0.5) is 0 Å². The Kier molecular flexibility index (Phi) is 3.84. The molecule has 0 aliphatic carbocycles. The van der Waals surface area contributed by atoms with Crippen molar-refractivity contribution in [1.29, 1.82) is 0 Å². The van der Waals surface area contributed by atoms with Gasteiger partial charge in [-0.25, -0.2) is 0 Å². The zero-order chi connectivity index (χ0) is 10.4. The molecule has 0 aliphatic rings. The van der Waals surface area contributed by atoms with Crippen LogP contribution >= 0.6 is 7.60 Å². The highest BCUT2D eigenvalue weighted by atomic mass is 31.2. The molecule has 4 heteroatoms. The summed E-state index contributed by atoms with van der Waals surface area (Å²) in [7, 11) is -4.02. The van der Waals surface area contributed by atoms with Crippen molar-refractivity contribution in [3.63, 3.8) is 0 Å². The summed E-state index contributed by atoms with van der Waals surface area (Å²) < 4.78 is 10.4. The van der Waals surface area contributed by atoms with E-state index in [-0.39, 0.29) is 0 Å². The molecule has 0 aromatic heterocycles. The second-order valence-corrected chi connectivity index (χ2v) is 4.18. The van der Waals surface area contributed by atoms with Gasteiger partial charge < -0.3 is 9.79 Å². The van der Waals surface area contributed by atoms with Gasteiger partial charge in [-0.3, -0.25) is 4.57 Å². The number of allylic oxidation sites excluding steroid dienone is 2. The van der Waals surface area contributed by atoms with Crippen LogP contribution in [0.25, 0.3) is 6.08 Å². The van der Waals surface area contributed by atoms with E-state index in [4.69, 9.17) is 9.79 Å². The van der Waals surface area contributed by atoms with Gasteiger partial charge in [-0.2, -0.15) is 0 Å². The molecule has 0 spiro atoms. The Morgan fingerprint density at radius 3 is 2.29 bits per heavy atom. The lowest BCUT2D eigenvalue weighted by atomic mass is 10.2. The maximum Gasteiger partial charge on any atom is 0.349 e. The minimum atomic E-state index is -4.02. The average molecular weight is 210 g/mol. The van der Waals surface area contributed by atoms with Crippen LogP contribution < -0.4 is 0 Å². The molecule has 2 N–H and O–H groups in total. The van der Waals surface area contributed by atoms with Crippen LogP contribution in [0.1, 0.15) is 5.56 Å². The molecule has 0 bridgehead atoms. The highest BCUT2D eigenvalue weighted by molar-refractivity contribution is 7.55. The Balaban J connectivity index is 2.59. The van der Waals surface area contributed by atoms with Gasteiger partial charge in [0.1, 0.15) is 0 Å². The maximum atomic E-state index is 10.4. The van der Waals surface area contributed by atoms with Crippen LogP contribution in [0.2, 0.25) is 0 Å². The predicted molar refractivity (Wildman–Crippen MR) is 56.7 cm³/mol. The van der Waals surface area contributed by atoms with E-state index in [0.29, 0.717) is 0 Å². The largest absolute Gasteiger partial charge is 0.349 e. The summed E-state index contributed by atoms with van der Waals surface area (Å²) in [4.78, 5) is 17.0. The van der Waals surface area contributed by atoms with Gasteiger partial charge >= 0.3 is 7.60 Å². The summed E-state index contributed by atoms with van der Waals surface area (Å²) in [6.07, 6.45) is 4.70. The predicted octanol–water partition coefficient (Wildman–Crippen LogP) is 2.39. The van der Waals surface area contributed by atoms with Gasteiger partial charge in [0.05, 0.1) is 0 Å². The molecule has 0 heterocycles. The van der Waals surface area contributed by atoms with Gasteiger partial charge in [0.25, 0.3) is 0 Å². The number of hydrogen-bond donors (Lipinski definition) is 2. The lowest BCUT2D eigenvalue weighted by Crippen LogP contribution is -1.68. The van der Waals surface area contributed by atoms with Crippen molar-refractivity contribution in [2.24, 2.45) is 0 Å². The minimum Gasteiger partial charge on any atom is -0.321 e. The van der Waals surface area contributed by atoms with E-state index in [2.05, 4.69) is 0 Å². The molecular weight excluding hydrogens is 199 g/mol. The first kappa shape index (κ1) is 10.9. The second-order valence-electron chi connectivity index (χ2n) is 2.70. The fourth-order valence-corrected chi connectivity index (χ4v) is 1.22. The summed E-state index contributed by atoms with van der Waals surface area (Å²) in [5.74, 6) is 0.868. The molecule has 0 amide bonds. The summed E-state index contributed by atoms with van der Waals surface area (Å²) in [5.41, 5.74) is 0.989. The SMILES string of the molecule is O=P(O)(O)C=CC=Cc1ccccc1. The summed E-state index contributed by atoms with van der Waals surface area (Å²) in [6.45, 7) is 0. The molecule has 0 saturated heterocycles. The fourth-order valence-electron chi connectivity index (χ4n) is 0.893. The summed E-state index contributed by atoms with van der Waals surface area (Å²) in [5, 5.41) is 0. The Morgan fingerprint density at radius 2 is 1.71 bits per heavy atom. The van der Waals surface area contributed by atoms with Crippen LogP contribution in [0.3, 0.4) is 0 Å². The standard InChI is InChI=1S/C10H11O3P/c11-14(12,13)9-5-4-8-10-6-2-1-3-7-10/h1-9H,(H2,11,12,13). The molecular formula is C10H11O3P. The fraction of sp³-hybridized carbons (Fsp3) is 0. The van der Waals surface area contributed by atoms with Crippen molar-refractivity contribution >= 4 is 13.7 Å². The lowest BCUT2D eigenvalue weighted by molar-refractivity contribution is 0.386. The van der Waals surface area contributed by atoms with Gasteiger partial charge in [-0.15, -0.1) is 0 Å². The summed E-state index contributed by atoms with van der Waals surface area (Å²) >= 11 is 0. The summed E-state index contributed by atoms with van der Waals surface area (Å²) in [6, 6.07) is 9.51. The van der Waals surface area contributed by atoms with E-state index in [1.165, 1.54) is 6.08 Å². The van der Waals surface area contributed by atoms with E-state index >= 15 is 0 Å². The highest BCUT2D eigenvalue weighted by Crippen LogP contribution is 2.35. The van der Waals surface area contributed by atoms with Crippen molar-refractivity contribution < 1.29 is 14.4 Å². The molecule has 1 aromatic carbocycles. The van der Waals surface area contributed by atoms with E-state index in [0.717, 1.165) is 11.4 Å². The Bertz CT molecular complexity index is 376. The molecule has 0 radical (unpaired) electrons. The topological polar surface area (TPSA) is 57.5 Å². The van der Waals surface area contributed by atoms with Gasteiger partial charge in [-0.1, -0.05) is 48.6 Å². The molecule has 1 rings (SSSR count). The van der Waals surface area contributed by atoms with Gasteiger partial charge in [0.2, 0.25) is 0 Å². The number of benzene rings is 1. The minimum absolute atomic E-state index is 0.868. The van der Waals surface area contributed by atoms with Crippen LogP contribution in [-0.4, -0.2) is 9.79 Å². The second kappa shape index (κ2) is 4.91. The van der Waals surface area contributed by atoms with Gasteiger partial charge in [0.15, 0.2) is 0 Å². The average Bonchev–Trinajstić information content (AvgIpc) is 2.13. The first-order valence-electron chi connectivity index (χ1n) is 4.04. The van der Waals surface area contributed by atoms with E-state index in [1.54, 1.807) is 12.2 Å². The van der Waals surface area contributed by atoms with Crippen molar-refractivity contribution in [3.05, 3.63) is 53.9 Å². The molecule has 0 aliphatic heterocycles. The van der Waals surface area contributed by atoms with Crippen LogP contribution in [-0.2, 0) is 4.57 Å². The first-order valence-corrected chi connectivity index (χ1v) is 5.72. The van der Waals surface area contributed by atoms with Gasteiger partial charge in [-0.05, 0) is 5.56 Å². The Labute approximate surface area is 82.6 Å². The molecule has 0 atom stereocenters. The van der Waals surface area contributed by atoms with Gasteiger partial charge in [0, 0.05) is 5.82 Å². The Hall–Kier alpha value is -1.15. The zero-order valence-corrected chi connectivity index (χ0v) is 8.34. The molecule has 0 unspecified atom stereocenters. The third-order valence-electron chi connectivity index (χ3n) is 1.48. The third kappa shape index (κ3) is 4.77. The molecule has 0 saturated carbocycles. The zero-order valence-electron chi connectivity index (χ0n) is 7.45. The van der Waals surface area contributed by atoms with Crippen LogP contribution in [0.15, 0.2) is 48.3 Å². The monoisotopic (exact) mass is 210 g/mol. The van der Waals surface area contributed by atoms with E-state index in [1.807, 2.05) is 30.3 Å². The third-order valence-corrected chi connectivity index (χ3v) is 2.04. The number of rotatable bonds is 3. The van der Waals surface area contributed by atoms with Crippen molar-refractivity contribution in [2.45, 2.75) is 0 Å². The van der Waals surface area contributed by atoms with E-state index < -0.39 is 7.60 Å². The molecule has 1 aromatic rings. The highest BCUT2D eigenvalue weighted by Gasteiger charge is 2.03. The molecule has 14 heavy (non-hydrogen) atoms. The molecule has 3 nitrogen and oxygen atoms in total. The number of hydrogen-bond acceptors (Lipinski definition) is 1. The first-order chi connectivity index (χ1) is 6.58. The smallest absolute Gasteiger partial charge is 0.321 e. The molecule has 74 valence electrons. The maximum absolute atomic E-state index is 10.4. The Morgan fingerprint density at radius 1 is 1.07 bits per heavy atom. The molecule has 0 fully saturated rings. The quantitative estimate of drug-likeness (QED) is 0.594.